The van der Waals surface area contributed by atoms with E-state index in [1.165, 1.54) is 49.9 Å². The summed E-state index contributed by atoms with van der Waals surface area (Å²) in [4.78, 5) is 102. The fourth-order valence-electron chi connectivity index (χ4n) is 15.1. The molecule has 1 aliphatic rings. The van der Waals surface area contributed by atoms with E-state index < -0.39 is 130 Å². The second kappa shape index (κ2) is 68.0. The fraction of sp³-hybridized carbons (Fsp3) is 0.742. The Hall–Kier alpha value is -6.42. The molecule has 4 N–H and O–H groups in total. The number of phosphoric acid groups is 1. The van der Waals surface area contributed by atoms with Crippen LogP contribution in [0.5, 0.6) is 11.5 Å². The number of aliphatic hydroxyl groups is 2. The van der Waals surface area contributed by atoms with Gasteiger partial charge in [0.05, 0.1) is 32.5 Å². The van der Waals surface area contributed by atoms with Crippen LogP contribution < -0.4 is 19.7 Å². The number of hydrogen-bond donors (Lipinski definition) is 4. The van der Waals surface area contributed by atoms with Crippen LogP contribution in [-0.2, 0) is 82.4 Å². The Kier molecular flexibility index (Phi) is 60.0. The zero-order valence-corrected chi connectivity index (χ0v) is 75.7. The first-order valence-electron chi connectivity index (χ1n) is 47.4. The number of ether oxygens (including phenoxy) is 7. The van der Waals surface area contributed by atoms with Crippen molar-refractivity contribution in [1.82, 2.24) is 10.6 Å². The molecule has 1 fully saturated rings. The SMILES string of the molecule is CCCCCCCCCCC[C@H](CC(=O)N[C@@H](COC1O[C@H](CO)[C@@H](OP(=O)(Oc2ccccc2)Oc2ccccc2)[C@H](OC(=O)C[C@@H](CCCCCCCCCCC)OC(=O)CCCCCCCC)[C@]1(O)NC(=O)C[C@@H](CCCCCCCCCCC)OC(=O)CCCCCCCC)C(=O)OCc1ccccc1)OC(=O)CCCCCCCC. The monoisotopic (exact) mass is 1700 g/mol. The standard InChI is InChI=1S/C97H159N2O20P/c1-7-13-19-25-31-34-37-40-51-67-82(112-89(103)70-58-43-28-22-16-10-4)73-87(101)98-85(95(107)110-77-79-61-49-46-50-62-79)78-111-96-97(108,99-88(102)74-83(68-52-41-38-35-32-26-20-14-8-2)113-90(104)71-59-44-29-23-17-11-5)94(93(86(76-100)115-96)119-120(109,117-80-63-54-47-55-64-80)118-81-65-56-48-57-66-81)116-92(106)75-84(69-53-42-39-36-33-27-21-15-9-3)114-91(105)72-60-45-30-24-18-12-6/h46-50,54-57,61-66,82-86,93-94,96,100,108H,7-45,51-53,58-60,67-78H2,1-6H3,(H,98,101)(H,99,102)/t82-,83-,84-,85+,86-,93-,94+,96?,97-/m1/s1. The molecule has 1 aliphatic heterocycles. The lowest BCUT2D eigenvalue weighted by atomic mass is 9.92. The van der Waals surface area contributed by atoms with Crippen molar-refractivity contribution < 1.29 is 95.1 Å². The minimum absolute atomic E-state index is 0.0214. The highest BCUT2D eigenvalue weighted by molar-refractivity contribution is 7.49. The summed E-state index contributed by atoms with van der Waals surface area (Å²) in [5.74, 6) is -5.36. The second-order valence-corrected chi connectivity index (χ2v) is 34.7. The van der Waals surface area contributed by atoms with Crippen LogP contribution in [0, 0.1) is 0 Å². The molecule has 682 valence electrons. The molecule has 0 aliphatic carbocycles. The van der Waals surface area contributed by atoms with Crippen molar-refractivity contribution in [2.75, 3.05) is 13.2 Å². The Morgan fingerprint density at radius 2 is 0.758 bits per heavy atom. The molecule has 3 aromatic rings. The largest absolute Gasteiger partial charge is 0.588 e. The summed E-state index contributed by atoms with van der Waals surface area (Å²) in [5.41, 5.74) is -2.66. The van der Waals surface area contributed by atoms with E-state index >= 15 is 14.2 Å². The lowest BCUT2D eigenvalue weighted by Gasteiger charge is -2.50. The van der Waals surface area contributed by atoms with Gasteiger partial charge in [-0.15, -0.1) is 0 Å². The summed E-state index contributed by atoms with van der Waals surface area (Å²) in [5, 5.41) is 31.4. The number of hydrogen-bond acceptors (Lipinski definition) is 20. The van der Waals surface area contributed by atoms with E-state index in [0.717, 1.165) is 225 Å². The van der Waals surface area contributed by atoms with Crippen LogP contribution in [0.2, 0.25) is 0 Å². The summed E-state index contributed by atoms with van der Waals surface area (Å²) in [6.07, 6.45) is 31.8. The first-order valence-corrected chi connectivity index (χ1v) is 48.8. The average molecular weight is 1700 g/mol. The molecule has 22 nitrogen and oxygen atoms in total. The van der Waals surface area contributed by atoms with Gasteiger partial charge < -0.3 is 63.1 Å². The van der Waals surface area contributed by atoms with Crippen molar-refractivity contribution in [2.45, 2.75) is 450 Å². The zero-order chi connectivity index (χ0) is 86.8. The molecule has 9 atom stereocenters. The van der Waals surface area contributed by atoms with Crippen LogP contribution in [0.25, 0.3) is 0 Å². The highest BCUT2D eigenvalue weighted by Crippen LogP contribution is 2.53. The Labute approximate surface area is 722 Å². The van der Waals surface area contributed by atoms with Gasteiger partial charge in [-0.05, 0) is 87.6 Å². The molecule has 2 amide bonds. The van der Waals surface area contributed by atoms with E-state index in [-0.39, 0.29) is 56.6 Å². The number of benzene rings is 3. The molecule has 0 radical (unpaired) electrons. The molecule has 1 saturated heterocycles. The predicted octanol–water partition coefficient (Wildman–Crippen LogP) is 23.2. The molecule has 3 aromatic carbocycles. The second-order valence-electron chi connectivity index (χ2n) is 33.2. The highest BCUT2D eigenvalue weighted by atomic mass is 31.2. The number of carbonyl (C=O) groups excluding carboxylic acids is 7. The molecular weight excluding hydrogens is 1540 g/mol. The maximum Gasteiger partial charge on any atom is 0.588 e. The van der Waals surface area contributed by atoms with E-state index in [1.54, 1.807) is 66.7 Å². The topological polar surface area (TPSA) is 293 Å². The van der Waals surface area contributed by atoms with Crippen LogP contribution in [0.3, 0.4) is 0 Å². The summed E-state index contributed by atoms with van der Waals surface area (Å²) in [6, 6.07) is 22.8. The van der Waals surface area contributed by atoms with E-state index in [2.05, 4.69) is 52.2 Å². The molecular formula is C97H159N2O20P. The maximum absolute atomic E-state index is 15.9. The van der Waals surface area contributed by atoms with Gasteiger partial charge in [-0.3, -0.25) is 33.3 Å². The smallest absolute Gasteiger partial charge is 0.462 e. The Balaban J connectivity index is 1.95. The van der Waals surface area contributed by atoms with E-state index in [1.807, 2.05) is 0 Å². The van der Waals surface area contributed by atoms with Crippen molar-refractivity contribution in [3.05, 3.63) is 96.6 Å². The number of esters is 5. The van der Waals surface area contributed by atoms with E-state index in [4.69, 9.17) is 46.7 Å². The fourth-order valence-corrected chi connectivity index (χ4v) is 16.5. The van der Waals surface area contributed by atoms with Crippen molar-refractivity contribution in [2.24, 2.45) is 0 Å². The minimum Gasteiger partial charge on any atom is -0.462 e. The summed E-state index contributed by atoms with van der Waals surface area (Å²) in [6.45, 7) is 10.7. The minimum atomic E-state index is -5.21. The van der Waals surface area contributed by atoms with Crippen molar-refractivity contribution in [1.29, 1.82) is 0 Å². The van der Waals surface area contributed by atoms with Crippen LogP contribution in [0.4, 0.5) is 0 Å². The van der Waals surface area contributed by atoms with Gasteiger partial charge in [-0.1, -0.05) is 359 Å². The first-order chi connectivity index (χ1) is 58.4. The quantitative estimate of drug-likeness (QED) is 0.0134. The predicted molar refractivity (Wildman–Crippen MR) is 472 cm³/mol. The van der Waals surface area contributed by atoms with Crippen molar-refractivity contribution in [3.8, 4) is 11.5 Å². The number of para-hydroxylation sites is 2. The van der Waals surface area contributed by atoms with Crippen LogP contribution in [-0.4, -0.2) is 120 Å². The molecule has 0 aromatic heterocycles. The lowest BCUT2D eigenvalue weighted by Crippen LogP contribution is -2.75. The van der Waals surface area contributed by atoms with Gasteiger partial charge in [0.1, 0.15) is 48.6 Å². The van der Waals surface area contributed by atoms with Gasteiger partial charge in [-0.25, -0.2) is 9.36 Å². The molecule has 0 spiro atoms. The van der Waals surface area contributed by atoms with Gasteiger partial charge in [0.2, 0.25) is 23.8 Å². The molecule has 1 unspecified atom stereocenters. The molecule has 0 bridgehead atoms. The number of carbonyl (C=O) groups is 7. The summed E-state index contributed by atoms with van der Waals surface area (Å²) >= 11 is 0. The number of rotatable bonds is 76. The van der Waals surface area contributed by atoms with Crippen molar-refractivity contribution >= 4 is 49.5 Å². The zero-order valence-electron chi connectivity index (χ0n) is 74.8. The van der Waals surface area contributed by atoms with Gasteiger partial charge >= 0.3 is 37.7 Å². The maximum atomic E-state index is 15.9. The third-order valence-corrected chi connectivity index (χ3v) is 23.5. The van der Waals surface area contributed by atoms with E-state index in [0.29, 0.717) is 50.5 Å². The van der Waals surface area contributed by atoms with Gasteiger partial charge in [-0.2, -0.15) is 0 Å². The number of unbranched alkanes of at least 4 members (excludes halogenated alkanes) is 39. The number of nitrogens with one attached hydrogen (secondary N) is 2. The molecule has 0 saturated carbocycles. The molecule has 120 heavy (non-hydrogen) atoms. The van der Waals surface area contributed by atoms with Crippen LogP contribution in [0.15, 0.2) is 91.0 Å². The van der Waals surface area contributed by atoms with Crippen LogP contribution in [0.1, 0.15) is 394 Å². The molecule has 4 rings (SSSR count). The Bertz CT molecular complexity index is 3120. The van der Waals surface area contributed by atoms with E-state index in [9.17, 15) is 34.2 Å². The summed E-state index contributed by atoms with van der Waals surface area (Å²) in [7, 11) is -5.21. The lowest BCUT2D eigenvalue weighted by molar-refractivity contribution is -0.347. The van der Waals surface area contributed by atoms with Crippen LogP contribution >= 0.6 is 7.82 Å². The first kappa shape index (κ1) is 106. The van der Waals surface area contributed by atoms with Crippen molar-refractivity contribution in [3.63, 3.8) is 0 Å². The van der Waals surface area contributed by atoms with Gasteiger partial charge in [0.15, 0.2) is 12.1 Å². The summed E-state index contributed by atoms with van der Waals surface area (Å²) < 4.78 is 78.9. The number of amides is 2. The molecule has 1 heterocycles. The average Bonchev–Trinajstić information content (AvgIpc) is 0.744. The van der Waals surface area contributed by atoms with Gasteiger partial charge in [0.25, 0.3) is 0 Å². The third kappa shape index (κ3) is 49.2. The third-order valence-electron chi connectivity index (χ3n) is 22.2. The Morgan fingerprint density at radius 3 is 1.12 bits per heavy atom. The van der Waals surface area contributed by atoms with Gasteiger partial charge in [0, 0.05) is 19.3 Å². The number of phosphoric ester groups is 1. The highest BCUT2D eigenvalue weighted by Gasteiger charge is 2.62. The Morgan fingerprint density at radius 1 is 0.425 bits per heavy atom. The normalized spacial score (nSPS) is 16.9. The number of aliphatic hydroxyl groups excluding tert-OH is 1. The molecule has 23 heteroatoms.